The molecule has 34 heavy (non-hydrogen) atoms. The van der Waals surface area contributed by atoms with Crippen LogP contribution in [0.3, 0.4) is 0 Å². The lowest BCUT2D eigenvalue weighted by Gasteiger charge is -2.35. The zero-order valence-electron chi connectivity index (χ0n) is 19.4. The van der Waals surface area contributed by atoms with Gasteiger partial charge < -0.3 is 14.5 Å². The fourth-order valence-corrected chi connectivity index (χ4v) is 4.60. The van der Waals surface area contributed by atoms with Crippen molar-refractivity contribution in [1.82, 2.24) is 9.88 Å². The van der Waals surface area contributed by atoms with Gasteiger partial charge in [0.05, 0.1) is 0 Å². The maximum atomic E-state index is 13.3. The van der Waals surface area contributed by atoms with E-state index < -0.39 is 6.09 Å². The molecule has 1 amide bonds. The summed E-state index contributed by atoms with van der Waals surface area (Å²) in [6.45, 7) is 5.97. The number of rotatable bonds is 3. The first-order valence-electron chi connectivity index (χ1n) is 11.3. The number of benzene rings is 3. The van der Waals surface area contributed by atoms with Gasteiger partial charge in [-0.1, -0.05) is 41.5 Å². The molecule has 3 aromatic carbocycles. The van der Waals surface area contributed by atoms with Gasteiger partial charge in [0.15, 0.2) is 0 Å². The van der Waals surface area contributed by atoms with Gasteiger partial charge in [0.2, 0.25) is 0 Å². The van der Waals surface area contributed by atoms with E-state index in [4.69, 9.17) is 9.47 Å². The van der Waals surface area contributed by atoms with Gasteiger partial charge >= 0.3 is 12.1 Å². The molecule has 5 rings (SSSR count). The Kier molecular flexibility index (Phi) is 5.57. The second kappa shape index (κ2) is 8.71. The van der Waals surface area contributed by atoms with Crippen LogP contribution in [0.1, 0.15) is 40.9 Å². The molecule has 0 spiro atoms. The standard InChI is InChI=1S/C28H26N2O4/c1-17-4-9-22(10-5-17)34-28(32)30-15-14-23-24-16-18(2)6-13-25(24)29-26(23)27(30)20-7-11-21(12-8-20)33-19(3)31/h4-13,16,27,29H,14-15H2,1-3H3. The van der Waals surface area contributed by atoms with E-state index in [9.17, 15) is 9.59 Å². The fourth-order valence-electron chi connectivity index (χ4n) is 4.60. The van der Waals surface area contributed by atoms with Crippen LogP contribution in [0.25, 0.3) is 10.9 Å². The number of aryl methyl sites for hydroxylation is 2. The molecule has 1 aliphatic rings. The highest BCUT2D eigenvalue weighted by molar-refractivity contribution is 5.87. The predicted octanol–water partition coefficient (Wildman–Crippen LogP) is 5.86. The van der Waals surface area contributed by atoms with Crippen molar-refractivity contribution in [3.8, 4) is 11.5 Å². The van der Waals surface area contributed by atoms with Crippen molar-refractivity contribution >= 4 is 23.0 Å². The number of nitrogens with one attached hydrogen (secondary N) is 1. The molecule has 0 bridgehead atoms. The number of esters is 1. The Balaban J connectivity index is 1.55. The summed E-state index contributed by atoms with van der Waals surface area (Å²) in [5.41, 5.74) is 6.44. The number of aromatic nitrogens is 1. The van der Waals surface area contributed by atoms with Crippen molar-refractivity contribution in [2.24, 2.45) is 0 Å². The third-order valence-electron chi connectivity index (χ3n) is 6.20. The van der Waals surface area contributed by atoms with Crippen LogP contribution in [0.4, 0.5) is 4.79 Å². The van der Waals surface area contributed by atoms with Gasteiger partial charge in [-0.3, -0.25) is 9.69 Å². The molecule has 6 heteroatoms. The minimum atomic E-state index is -0.404. The summed E-state index contributed by atoms with van der Waals surface area (Å²) in [7, 11) is 0. The third-order valence-corrected chi connectivity index (χ3v) is 6.20. The molecular weight excluding hydrogens is 428 g/mol. The van der Waals surface area contributed by atoms with Gasteiger partial charge in [0.25, 0.3) is 0 Å². The van der Waals surface area contributed by atoms with Crippen molar-refractivity contribution in [3.63, 3.8) is 0 Å². The van der Waals surface area contributed by atoms with Gasteiger partial charge in [-0.05, 0) is 67.8 Å². The van der Waals surface area contributed by atoms with E-state index in [2.05, 4.69) is 30.1 Å². The van der Waals surface area contributed by atoms with E-state index in [0.717, 1.165) is 28.8 Å². The first-order chi connectivity index (χ1) is 16.4. The lowest BCUT2D eigenvalue weighted by molar-refractivity contribution is -0.131. The normalized spacial score (nSPS) is 15.1. The van der Waals surface area contributed by atoms with Gasteiger partial charge in [-0.2, -0.15) is 0 Å². The van der Waals surface area contributed by atoms with Crippen molar-refractivity contribution in [2.45, 2.75) is 33.2 Å². The number of carbonyl (C=O) groups excluding carboxylic acids is 2. The zero-order valence-corrected chi connectivity index (χ0v) is 19.4. The van der Waals surface area contributed by atoms with E-state index >= 15 is 0 Å². The summed E-state index contributed by atoms with van der Waals surface area (Å²) in [5.74, 6) is 0.605. The summed E-state index contributed by atoms with van der Waals surface area (Å²) in [5, 5.41) is 1.18. The molecule has 1 aliphatic heterocycles. The lowest BCUT2D eigenvalue weighted by atomic mass is 9.92. The largest absolute Gasteiger partial charge is 0.427 e. The molecule has 0 saturated carbocycles. The minimum Gasteiger partial charge on any atom is -0.427 e. The van der Waals surface area contributed by atoms with Crippen LogP contribution < -0.4 is 9.47 Å². The van der Waals surface area contributed by atoms with Gasteiger partial charge in [-0.15, -0.1) is 0 Å². The van der Waals surface area contributed by atoms with E-state index in [1.807, 2.05) is 31.2 Å². The molecule has 172 valence electrons. The van der Waals surface area contributed by atoms with Gasteiger partial charge in [-0.25, -0.2) is 4.79 Å². The first kappa shape index (κ1) is 21.8. The second-order valence-corrected chi connectivity index (χ2v) is 8.76. The Morgan fingerprint density at radius 3 is 2.24 bits per heavy atom. The molecule has 1 N–H and O–H groups in total. The van der Waals surface area contributed by atoms with Crippen LogP contribution in [0.2, 0.25) is 0 Å². The predicted molar refractivity (Wildman–Crippen MR) is 130 cm³/mol. The van der Waals surface area contributed by atoms with Crippen LogP contribution in [-0.4, -0.2) is 28.5 Å². The molecule has 0 aliphatic carbocycles. The number of ether oxygens (including phenoxy) is 2. The maximum Gasteiger partial charge on any atom is 0.416 e. The minimum absolute atomic E-state index is 0.360. The molecule has 2 heterocycles. The van der Waals surface area contributed by atoms with Crippen LogP contribution >= 0.6 is 0 Å². The van der Waals surface area contributed by atoms with Crippen molar-refractivity contribution < 1.29 is 19.1 Å². The third kappa shape index (κ3) is 4.15. The first-order valence-corrected chi connectivity index (χ1v) is 11.3. The van der Waals surface area contributed by atoms with Crippen molar-refractivity contribution in [1.29, 1.82) is 0 Å². The maximum absolute atomic E-state index is 13.3. The summed E-state index contributed by atoms with van der Waals surface area (Å²) < 4.78 is 10.9. The van der Waals surface area contributed by atoms with E-state index in [1.54, 1.807) is 29.2 Å². The SMILES string of the molecule is CC(=O)Oc1ccc(C2c3[nH]c4ccc(C)cc4c3CCN2C(=O)Oc2ccc(C)cc2)cc1. The Morgan fingerprint density at radius 1 is 0.882 bits per heavy atom. The number of amides is 1. The number of aromatic amines is 1. The molecule has 4 aromatic rings. The van der Waals surface area contributed by atoms with E-state index in [-0.39, 0.29) is 12.0 Å². The number of fused-ring (bicyclic) bond motifs is 3. The van der Waals surface area contributed by atoms with Crippen LogP contribution in [0.15, 0.2) is 66.7 Å². The molecular formula is C28H26N2O4. The average Bonchev–Trinajstić information content (AvgIpc) is 3.18. The van der Waals surface area contributed by atoms with Crippen LogP contribution in [0, 0.1) is 13.8 Å². The molecule has 0 fully saturated rings. The highest BCUT2D eigenvalue weighted by Crippen LogP contribution is 2.39. The molecule has 1 atom stereocenters. The summed E-state index contributed by atoms with van der Waals surface area (Å²) in [6, 6.07) is 20.7. The van der Waals surface area contributed by atoms with Gasteiger partial charge in [0.1, 0.15) is 17.5 Å². The molecule has 1 aromatic heterocycles. The quantitative estimate of drug-likeness (QED) is 0.311. The van der Waals surface area contributed by atoms with E-state index in [0.29, 0.717) is 18.0 Å². The number of hydrogen-bond acceptors (Lipinski definition) is 4. The van der Waals surface area contributed by atoms with Crippen molar-refractivity contribution in [3.05, 3.63) is 94.7 Å². The monoisotopic (exact) mass is 454 g/mol. The topological polar surface area (TPSA) is 71.6 Å². The molecule has 1 unspecified atom stereocenters. The van der Waals surface area contributed by atoms with Gasteiger partial charge in [0, 0.05) is 30.1 Å². The Morgan fingerprint density at radius 2 is 1.53 bits per heavy atom. The number of H-pyrrole nitrogens is 1. The number of hydrogen-bond donors (Lipinski definition) is 1. The van der Waals surface area contributed by atoms with Crippen molar-refractivity contribution in [2.75, 3.05) is 6.54 Å². The Hall–Kier alpha value is -4.06. The van der Waals surface area contributed by atoms with Crippen LogP contribution in [0.5, 0.6) is 11.5 Å². The summed E-state index contributed by atoms with van der Waals surface area (Å²) >= 11 is 0. The number of nitrogens with zero attached hydrogens (tertiary/aromatic N) is 1. The smallest absolute Gasteiger partial charge is 0.416 e. The Labute approximate surface area is 198 Å². The lowest BCUT2D eigenvalue weighted by Crippen LogP contribution is -2.42. The highest BCUT2D eigenvalue weighted by Gasteiger charge is 2.35. The summed E-state index contributed by atoms with van der Waals surface area (Å²) in [4.78, 5) is 30.0. The Bertz CT molecular complexity index is 1370. The van der Waals surface area contributed by atoms with Crippen LogP contribution in [-0.2, 0) is 11.2 Å². The summed E-state index contributed by atoms with van der Waals surface area (Å²) in [6.07, 6.45) is 0.322. The highest BCUT2D eigenvalue weighted by atomic mass is 16.6. The molecule has 6 nitrogen and oxygen atoms in total. The fraction of sp³-hybridized carbons (Fsp3) is 0.214. The average molecular weight is 455 g/mol. The molecule has 0 saturated heterocycles. The number of carbonyl (C=O) groups is 2. The zero-order chi connectivity index (χ0) is 23.8. The second-order valence-electron chi connectivity index (χ2n) is 8.76. The molecule has 0 radical (unpaired) electrons. The van der Waals surface area contributed by atoms with E-state index in [1.165, 1.54) is 23.4 Å².